The first-order chi connectivity index (χ1) is 10.3. The van der Waals surface area contributed by atoms with E-state index in [0.717, 1.165) is 0 Å². The van der Waals surface area contributed by atoms with Gasteiger partial charge in [0.25, 0.3) is 0 Å². The van der Waals surface area contributed by atoms with E-state index in [1.807, 2.05) is 0 Å². The lowest BCUT2D eigenvalue weighted by Crippen LogP contribution is -2.25. The van der Waals surface area contributed by atoms with Crippen molar-refractivity contribution in [2.24, 2.45) is 11.7 Å². The normalized spacial score (nSPS) is 11.3. The van der Waals surface area contributed by atoms with Crippen LogP contribution in [0, 0.1) is 11.3 Å². The van der Waals surface area contributed by atoms with Gasteiger partial charge in [0.1, 0.15) is 18.4 Å². The zero-order valence-electron chi connectivity index (χ0n) is 12.0. The zero-order chi connectivity index (χ0) is 17.1. The number of carbonyl (C=O) groups is 6. The number of hydrogen-bond donors (Lipinski definition) is 2. The fourth-order valence-electron chi connectivity index (χ4n) is 1.56. The van der Waals surface area contributed by atoms with Crippen LogP contribution in [0.5, 0.6) is 0 Å². The molecule has 0 radical (unpaired) electrons. The molecule has 0 saturated heterocycles. The summed E-state index contributed by atoms with van der Waals surface area (Å²) in [7, 11) is 0. The molecule has 8 nitrogen and oxygen atoms in total. The monoisotopic (exact) mass is 310 g/mol. The Labute approximate surface area is 126 Å². The van der Waals surface area contributed by atoms with Gasteiger partial charge in [-0.1, -0.05) is 0 Å². The SMILES string of the molecule is N=C(N)C(C=O)CCC(=O)C(=O)CCC(=O)C(=O)CCC=O. The van der Waals surface area contributed by atoms with Crippen molar-refractivity contribution in [3.8, 4) is 0 Å². The number of amidine groups is 1. The van der Waals surface area contributed by atoms with Crippen LogP contribution < -0.4 is 5.73 Å². The molecule has 0 aliphatic rings. The molecule has 0 rings (SSSR count). The summed E-state index contributed by atoms with van der Waals surface area (Å²) < 4.78 is 0. The van der Waals surface area contributed by atoms with Crippen molar-refractivity contribution in [1.82, 2.24) is 0 Å². The second-order valence-electron chi connectivity index (χ2n) is 4.63. The van der Waals surface area contributed by atoms with E-state index >= 15 is 0 Å². The second kappa shape index (κ2) is 10.3. The van der Waals surface area contributed by atoms with Crippen LogP contribution >= 0.6 is 0 Å². The molecule has 0 saturated carbocycles. The van der Waals surface area contributed by atoms with Crippen LogP contribution in [0.15, 0.2) is 0 Å². The van der Waals surface area contributed by atoms with E-state index in [9.17, 15) is 28.8 Å². The fourth-order valence-corrected chi connectivity index (χ4v) is 1.56. The van der Waals surface area contributed by atoms with E-state index in [4.69, 9.17) is 11.1 Å². The van der Waals surface area contributed by atoms with E-state index in [1.165, 1.54) is 0 Å². The molecule has 0 amide bonds. The van der Waals surface area contributed by atoms with Crippen molar-refractivity contribution in [2.45, 2.75) is 38.5 Å². The number of aldehydes is 2. The second-order valence-corrected chi connectivity index (χ2v) is 4.63. The summed E-state index contributed by atoms with van der Waals surface area (Å²) in [6.45, 7) is 0. The van der Waals surface area contributed by atoms with Gasteiger partial charge in [0, 0.05) is 32.1 Å². The molecule has 0 heterocycles. The zero-order valence-corrected chi connectivity index (χ0v) is 12.0. The third-order valence-electron chi connectivity index (χ3n) is 2.94. The summed E-state index contributed by atoms with van der Waals surface area (Å²) >= 11 is 0. The van der Waals surface area contributed by atoms with E-state index in [-0.39, 0.29) is 37.9 Å². The third-order valence-corrected chi connectivity index (χ3v) is 2.94. The number of Topliss-reactive ketones (excluding diaryl/α,β-unsaturated/α-hetero) is 4. The number of ketones is 4. The highest BCUT2D eigenvalue weighted by Crippen LogP contribution is 2.06. The quantitative estimate of drug-likeness (QED) is 0.202. The first-order valence-corrected chi connectivity index (χ1v) is 6.68. The summed E-state index contributed by atoms with van der Waals surface area (Å²) in [5.74, 6) is -4.43. The van der Waals surface area contributed by atoms with Gasteiger partial charge in [-0.3, -0.25) is 24.6 Å². The Bertz CT molecular complexity index is 498. The largest absolute Gasteiger partial charge is 0.387 e. The Kier molecular flexibility index (Phi) is 9.08. The highest BCUT2D eigenvalue weighted by atomic mass is 16.2. The molecule has 0 aromatic heterocycles. The average Bonchev–Trinajstić information content (AvgIpc) is 2.49. The molecule has 0 spiro atoms. The molecule has 0 aliphatic carbocycles. The predicted octanol–water partition coefficient (Wildman–Crippen LogP) is -0.447. The van der Waals surface area contributed by atoms with E-state index in [1.54, 1.807) is 0 Å². The van der Waals surface area contributed by atoms with Gasteiger partial charge >= 0.3 is 0 Å². The standard InChI is InChI=1S/C14H18N2O6/c15-14(16)9(8-18)3-4-11(20)13(22)6-5-12(21)10(19)2-1-7-17/h7-9H,1-6H2,(H3,15,16). The molecule has 1 unspecified atom stereocenters. The summed E-state index contributed by atoms with van der Waals surface area (Å²) in [6.07, 6.45) is -0.402. The minimum atomic E-state index is -0.914. The number of nitrogens with two attached hydrogens (primary N) is 1. The van der Waals surface area contributed by atoms with Crippen molar-refractivity contribution < 1.29 is 28.8 Å². The minimum absolute atomic E-state index is 0.0460. The number of hydrogen-bond acceptors (Lipinski definition) is 7. The molecule has 0 aromatic carbocycles. The maximum atomic E-state index is 11.5. The third kappa shape index (κ3) is 7.32. The molecule has 120 valence electrons. The Balaban J connectivity index is 4.20. The summed E-state index contributed by atoms with van der Waals surface area (Å²) in [5, 5.41) is 7.09. The smallest absolute Gasteiger partial charge is 0.198 e. The van der Waals surface area contributed by atoms with Crippen molar-refractivity contribution in [1.29, 1.82) is 5.41 Å². The van der Waals surface area contributed by atoms with E-state index in [0.29, 0.717) is 12.6 Å². The summed E-state index contributed by atoms with van der Waals surface area (Å²) in [6, 6.07) is 0. The number of nitrogens with one attached hydrogen (secondary N) is 1. The van der Waals surface area contributed by atoms with Crippen LogP contribution in [0.4, 0.5) is 0 Å². The van der Waals surface area contributed by atoms with Crippen LogP contribution in [0.3, 0.4) is 0 Å². The molecule has 22 heavy (non-hydrogen) atoms. The van der Waals surface area contributed by atoms with Crippen LogP contribution in [0.25, 0.3) is 0 Å². The van der Waals surface area contributed by atoms with Crippen molar-refractivity contribution in [3.63, 3.8) is 0 Å². The highest BCUT2D eigenvalue weighted by molar-refractivity contribution is 6.40. The van der Waals surface area contributed by atoms with Crippen LogP contribution in [0.1, 0.15) is 38.5 Å². The molecule has 1 atom stereocenters. The van der Waals surface area contributed by atoms with Crippen LogP contribution in [-0.2, 0) is 28.8 Å². The number of rotatable bonds is 13. The first-order valence-electron chi connectivity index (χ1n) is 6.68. The molecular weight excluding hydrogens is 292 g/mol. The maximum Gasteiger partial charge on any atom is 0.198 e. The fraction of sp³-hybridized carbons (Fsp3) is 0.500. The van der Waals surface area contributed by atoms with Gasteiger partial charge in [0.2, 0.25) is 0 Å². The predicted molar refractivity (Wildman–Crippen MR) is 75.3 cm³/mol. The van der Waals surface area contributed by atoms with Gasteiger partial charge in [-0.05, 0) is 6.42 Å². The van der Waals surface area contributed by atoms with Gasteiger partial charge in [-0.2, -0.15) is 0 Å². The lowest BCUT2D eigenvalue weighted by Gasteiger charge is -2.06. The van der Waals surface area contributed by atoms with Gasteiger partial charge in [-0.15, -0.1) is 0 Å². The van der Waals surface area contributed by atoms with Crippen molar-refractivity contribution in [2.75, 3.05) is 0 Å². The highest BCUT2D eigenvalue weighted by Gasteiger charge is 2.20. The Morgan fingerprint density at radius 1 is 0.864 bits per heavy atom. The first kappa shape index (κ1) is 19.5. The molecular formula is C14H18N2O6. The summed E-state index contributed by atoms with van der Waals surface area (Å²) in [4.78, 5) is 66.3. The lowest BCUT2D eigenvalue weighted by molar-refractivity contribution is -0.139. The molecule has 0 aliphatic heterocycles. The molecule has 0 bridgehead atoms. The van der Waals surface area contributed by atoms with E-state index < -0.39 is 35.5 Å². The van der Waals surface area contributed by atoms with Gasteiger partial charge in [0.15, 0.2) is 23.1 Å². The topological polar surface area (TPSA) is 152 Å². The Morgan fingerprint density at radius 2 is 1.32 bits per heavy atom. The molecule has 0 aromatic rings. The number of carbonyl (C=O) groups excluding carboxylic acids is 6. The maximum absolute atomic E-state index is 11.5. The Morgan fingerprint density at radius 3 is 1.73 bits per heavy atom. The van der Waals surface area contributed by atoms with Crippen molar-refractivity contribution >= 4 is 41.5 Å². The molecule has 8 heteroatoms. The van der Waals surface area contributed by atoms with Crippen molar-refractivity contribution in [3.05, 3.63) is 0 Å². The van der Waals surface area contributed by atoms with Crippen LogP contribution in [0.2, 0.25) is 0 Å². The molecule has 3 N–H and O–H groups in total. The van der Waals surface area contributed by atoms with Gasteiger partial charge in [-0.25, -0.2) is 0 Å². The van der Waals surface area contributed by atoms with Crippen LogP contribution in [-0.4, -0.2) is 41.5 Å². The molecule has 0 fully saturated rings. The van der Waals surface area contributed by atoms with E-state index in [2.05, 4.69) is 0 Å². The Hall–Kier alpha value is -2.51. The lowest BCUT2D eigenvalue weighted by atomic mass is 9.98. The average molecular weight is 310 g/mol. The minimum Gasteiger partial charge on any atom is -0.387 e. The van der Waals surface area contributed by atoms with Gasteiger partial charge < -0.3 is 15.3 Å². The van der Waals surface area contributed by atoms with Gasteiger partial charge in [0.05, 0.1) is 5.92 Å². The summed E-state index contributed by atoms with van der Waals surface area (Å²) in [5.41, 5.74) is 5.13.